The van der Waals surface area contributed by atoms with Crippen LogP contribution in [0, 0.1) is 6.07 Å². The van der Waals surface area contributed by atoms with E-state index in [1.807, 2.05) is 0 Å². The van der Waals surface area contributed by atoms with Gasteiger partial charge in [0.15, 0.2) is 0 Å². The maximum absolute atomic E-state index is 12.7. The number of phenolic OH excluding ortho intramolecular Hbond substituents is 1. The van der Waals surface area contributed by atoms with Crippen molar-refractivity contribution in [2.75, 3.05) is 0 Å². The van der Waals surface area contributed by atoms with Gasteiger partial charge in [-0.05, 0) is 84.7 Å². The first-order chi connectivity index (χ1) is 32.9. The summed E-state index contributed by atoms with van der Waals surface area (Å²) in [7, 11) is 0. The average Bonchev–Trinajstić information content (AvgIpc) is 3.68. The van der Waals surface area contributed by atoms with E-state index < -0.39 is 18.1 Å². The Morgan fingerprint density at radius 1 is 0.522 bits per heavy atom. The van der Waals surface area contributed by atoms with Crippen molar-refractivity contribution in [3.63, 3.8) is 0 Å². The summed E-state index contributed by atoms with van der Waals surface area (Å²) < 4.78 is 44.7. The molecule has 0 fully saturated rings. The first-order valence-corrected chi connectivity index (χ1v) is 23.1. The van der Waals surface area contributed by atoms with Gasteiger partial charge in [0.25, 0.3) is 0 Å². The summed E-state index contributed by atoms with van der Waals surface area (Å²) in [5.74, 6) is 0.806. The Labute approximate surface area is 422 Å². The number of para-hydroxylation sites is 1. The molecule has 0 radical (unpaired) electrons. The number of phenols is 1. The van der Waals surface area contributed by atoms with Gasteiger partial charge in [-0.2, -0.15) is 0 Å². The molecule has 0 aliphatic heterocycles. The molecule has 0 aliphatic rings. The zero-order valence-corrected chi connectivity index (χ0v) is 44.2. The standard InChI is InChI=1S/C62H68N3O.Pt/c1-58(2,3)44-26-24-40(25-27-44)48-29-28-45(59(4,5)6)38-54(48)65-53-23-19-22-49(55(53)64-57(65)50-36-47(61(10,11)12)37-51(56(50)66)62(13,14)15)42-32-43(34-46(33-42)60(7,8)9)52-35-41(30-31-63-52)39-20-17-16-18-21-39;/h16-31,33-38,66H,1-15H3;/q-1;/i16D,17D,18D,20D,21D;. The van der Waals surface area contributed by atoms with Crippen LogP contribution in [0.3, 0.4) is 0 Å². The largest absolute Gasteiger partial charge is 0.507 e. The second-order valence-corrected chi connectivity index (χ2v) is 23.0. The summed E-state index contributed by atoms with van der Waals surface area (Å²) in [5.41, 5.74) is 12.9. The van der Waals surface area contributed by atoms with Crippen LogP contribution in [0.1, 0.15) is 139 Å². The van der Waals surface area contributed by atoms with E-state index in [-0.39, 0.29) is 71.5 Å². The predicted molar refractivity (Wildman–Crippen MR) is 280 cm³/mol. The van der Waals surface area contributed by atoms with Gasteiger partial charge in [0.1, 0.15) is 11.6 Å². The number of fused-ring (bicyclic) bond motifs is 1. The Kier molecular flexibility index (Phi) is 11.4. The molecule has 0 saturated heterocycles. The number of hydrogen-bond donors (Lipinski definition) is 1. The van der Waals surface area contributed by atoms with Crippen LogP contribution in [-0.4, -0.2) is 19.6 Å². The molecule has 4 nitrogen and oxygen atoms in total. The molecule has 0 saturated carbocycles. The molecule has 0 atom stereocenters. The molecule has 8 rings (SSSR count). The van der Waals surface area contributed by atoms with Gasteiger partial charge < -0.3 is 5.11 Å². The maximum Gasteiger partial charge on any atom is 0.148 e. The molecule has 0 amide bonds. The van der Waals surface area contributed by atoms with Crippen molar-refractivity contribution >= 4 is 11.0 Å². The van der Waals surface area contributed by atoms with Crippen LogP contribution >= 0.6 is 0 Å². The van der Waals surface area contributed by atoms with Crippen LogP contribution in [0.2, 0.25) is 0 Å². The molecule has 348 valence electrons. The second-order valence-electron chi connectivity index (χ2n) is 23.0. The fourth-order valence-electron chi connectivity index (χ4n) is 8.54. The fraction of sp³-hybridized carbons (Fsp3) is 0.323. The van der Waals surface area contributed by atoms with E-state index in [1.165, 1.54) is 5.56 Å². The van der Waals surface area contributed by atoms with E-state index in [1.54, 1.807) is 18.3 Å². The number of rotatable bonds is 6. The molecule has 67 heavy (non-hydrogen) atoms. The maximum atomic E-state index is 12.7. The van der Waals surface area contributed by atoms with E-state index in [0.717, 1.165) is 61.2 Å². The number of pyridine rings is 1. The van der Waals surface area contributed by atoms with Gasteiger partial charge in [-0.15, -0.1) is 29.3 Å². The number of aromatic hydroxyl groups is 1. The van der Waals surface area contributed by atoms with Gasteiger partial charge in [-0.3, -0.25) is 9.55 Å². The van der Waals surface area contributed by atoms with Crippen LogP contribution in [0.25, 0.3) is 72.7 Å². The number of nitrogens with zero attached hydrogens (tertiary/aromatic N) is 3. The molecule has 8 aromatic rings. The predicted octanol–water partition coefficient (Wildman–Crippen LogP) is 16.7. The van der Waals surface area contributed by atoms with E-state index in [9.17, 15) is 5.11 Å². The Hall–Kier alpha value is -5.57. The van der Waals surface area contributed by atoms with Crippen LogP contribution in [0.15, 0.2) is 133 Å². The normalized spacial score (nSPS) is 13.7. The molecular weight excluding hydrogens is 998 g/mol. The van der Waals surface area contributed by atoms with Gasteiger partial charge in [0, 0.05) is 44.1 Å². The topological polar surface area (TPSA) is 50.9 Å². The third kappa shape index (κ3) is 10.0. The number of aromatic nitrogens is 3. The summed E-state index contributed by atoms with van der Waals surface area (Å²) in [6, 6.07) is 35.8. The SMILES string of the molecule is [2H]c1c([2H])c([2H])c(-c2ccnc(-c3[c-]c(-c4cccc5c4nc(-c4cc(C(C)(C)C)cc(C(C)(C)C)c4O)n5-c4cc(C(C)(C)C)ccc4-c4ccc(C(C)(C)C)cc4)cc(C(C)(C)C)c3)c2)c([2H])c1[2H].[Pt]. The first kappa shape index (κ1) is 42.8. The number of benzene rings is 6. The quantitative estimate of drug-likeness (QED) is 0.169. The van der Waals surface area contributed by atoms with Gasteiger partial charge in [-0.1, -0.05) is 206 Å². The minimum atomic E-state index is -0.437. The average molecular weight is 1070 g/mol. The minimum absolute atomic E-state index is 0. The second kappa shape index (κ2) is 17.8. The summed E-state index contributed by atoms with van der Waals surface area (Å²) in [5, 5.41) is 12.7. The van der Waals surface area contributed by atoms with Crippen molar-refractivity contribution in [2.45, 2.75) is 131 Å². The van der Waals surface area contributed by atoms with Gasteiger partial charge in [0.2, 0.25) is 0 Å². The summed E-state index contributed by atoms with van der Waals surface area (Å²) in [6.45, 7) is 32.9. The zero-order chi connectivity index (χ0) is 52.1. The molecule has 1 N–H and O–H groups in total. The first-order valence-electron chi connectivity index (χ1n) is 25.6. The molecule has 5 heteroatoms. The van der Waals surface area contributed by atoms with Gasteiger partial charge in [0.05, 0.1) is 29.1 Å². The molecule has 0 unspecified atom stereocenters. The number of imidazole rings is 1. The Morgan fingerprint density at radius 2 is 1.12 bits per heavy atom. The smallest absolute Gasteiger partial charge is 0.148 e. The van der Waals surface area contributed by atoms with Crippen molar-refractivity contribution in [1.29, 1.82) is 0 Å². The van der Waals surface area contributed by atoms with E-state index in [0.29, 0.717) is 28.2 Å². The van der Waals surface area contributed by atoms with E-state index in [2.05, 4.69) is 199 Å². The Balaban J connectivity index is 0.00000760. The monoisotopic (exact) mass is 1070 g/mol. The molecule has 2 heterocycles. The molecule has 0 aliphatic carbocycles. The van der Waals surface area contributed by atoms with Crippen molar-refractivity contribution < 1.29 is 33.0 Å². The van der Waals surface area contributed by atoms with Gasteiger partial charge in [-0.25, -0.2) is 4.98 Å². The third-order valence-electron chi connectivity index (χ3n) is 12.7. The molecule has 0 spiro atoms. The van der Waals surface area contributed by atoms with Crippen LogP contribution < -0.4 is 0 Å². The zero-order valence-electron chi connectivity index (χ0n) is 46.9. The Morgan fingerprint density at radius 3 is 1.73 bits per heavy atom. The van der Waals surface area contributed by atoms with Crippen LogP contribution in [0.4, 0.5) is 0 Å². The van der Waals surface area contributed by atoms with E-state index in [4.69, 9.17) is 16.8 Å². The van der Waals surface area contributed by atoms with E-state index >= 15 is 0 Å². The molecular formula is C62H68N3OPt-. The summed E-state index contributed by atoms with van der Waals surface area (Å²) in [6.07, 6.45) is 1.61. The van der Waals surface area contributed by atoms with Crippen molar-refractivity contribution in [2.24, 2.45) is 0 Å². The Bertz CT molecular complexity index is 3360. The van der Waals surface area contributed by atoms with Crippen molar-refractivity contribution in [1.82, 2.24) is 14.5 Å². The van der Waals surface area contributed by atoms with Crippen molar-refractivity contribution in [3.8, 4) is 67.5 Å². The molecule has 0 bridgehead atoms. The fourth-order valence-corrected chi connectivity index (χ4v) is 8.54. The van der Waals surface area contributed by atoms with Crippen LogP contribution in [-0.2, 0) is 48.1 Å². The molecule has 2 aromatic heterocycles. The van der Waals surface area contributed by atoms with Crippen molar-refractivity contribution in [3.05, 3.63) is 167 Å². The minimum Gasteiger partial charge on any atom is -0.507 e. The summed E-state index contributed by atoms with van der Waals surface area (Å²) in [4.78, 5) is 10.5. The van der Waals surface area contributed by atoms with Crippen LogP contribution in [0.5, 0.6) is 5.75 Å². The third-order valence-corrected chi connectivity index (χ3v) is 12.7. The summed E-state index contributed by atoms with van der Waals surface area (Å²) >= 11 is 0. The molecule has 6 aromatic carbocycles. The number of hydrogen-bond acceptors (Lipinski definition) is 3. The van der Waals surface area contributed by atoms with Gasteiger partial charge >= 0.3 is 0 Å².